The minimum Gasteiger partial charge on any atom is -0.329 e. The number of hydrogen-bond donors (Lipinski definition) is 0. The van der Waals surface area contributed by atoms with E-state index >= 15 is 0 Å². The summed E-state index contributed by atoms with van der Waals surface area (Å²) < 4.78 is 17.1. The van der Waals surface area contributed by atoms with Crippen LogP contribution in [0.3, 0.4) is 0 Å². The highest BCUT2D eigenvalue weighted by Crippen LogP contribution is 2.45. The molecule has 0 saturated carbocycles. The molecule has 0 spiro atoms. The summed E-state index contributed by atoms with van der Waals surface area (Å²) in [4.78, 5) is 0. The second kappa shape index (κ2) is 5.83. The molecule has 2 nitrogen and oxygen atoms in total. The molecule has 0 saturated heterocycles. The third-order valence-corrected chi connectivity index (χ3v) is 4.44. The zero-order valence-electron chi connectivity index (χ0n) is 9.07. The predicted molar refractivity (Wildman–Crippen MR) is 67.9 cm³/mol. The van der Waals surface area contributed by atoms with Crippen LogP contribution in [0, 0.1) is 0 Å². The molecule has 0 aliphatic carbocycles. The van der Waals surface area contributed by atoms with E-state index in [2.05, 4.69) is 15.9 Å². The van der Waals surface area contributed by atoms with Gasteiger partial charge in [0.25, 0.3) is 0 Å². The van der Waals surface area contributed by atoms with E-state index in [-0.39, 0.29) is 0 Å². The normalized spacial score (nSPS) is 14.9. The van der Waals surface area contributed by atoms with Gasteiger partial charge in [-0.25, -0.2) is 0 Å². The lowest BCUT2D eigenvalue weighted by molar-refractivity contribution is 0.336. The summed E-state index contributed by atoms with van der Waals surface area (Å²) in [5, 5.41) is 0.850. The van der Waals surface area contributed by atoms with Crippen molar-refractivity contribution in [1.82, 2.24) is 0 Å². The van der Waals surface area contributed by atoms with Gasteiger partial charge in [0, 0.05) is 18.2 Å². The summed E-state index contributed by atoms with van der Waals surface area (Å²) in [6.07, 6.45) is 0.517. The Hall–Kier alpha value is -0.110. The Balaban J connectivity index is 2.68. The Morgan fingerprint density at radius 2 is 1.80 bits per heavy atom. The lowest BCUT2D eigenvalue weighted by atomic mass is 10.2. The highest BCUT2D eigenvalue weighted by molar-refractivity contribution is 9.08. The van der Waals surface area contributed by atoms with Crippen molar-refractivity contribution in [2.75, 3.05) is 13.3 Å². The molecule has 0 radical (unpaired) electrons. The smallest absolute Gasteiger partial charge is 0.204 e. The molecule has 15 heavy (non-hydrogen) atoms. The number of benzene rings is 1. The highest BCUT2D eigenvalue weighted by atomic mass is 79.9. The molecule has 0 fully saturated rings. The molecule has 0 N–H and O–H groups in total. The summed E-state index contributed by atoms with van der Waals surface area (Å²) in [6.45, 7) is 4.06. The van der Waals surface area contributed by atoms with Crippen molar-refractivity contribution in [3.63, 3.8) is 0 Å². The first kappa shape index (κ1) is 13.0. The molecule has 1 rings (SSSR count). The van der Waals surface area contributed by atoms with E-state index in [0.717, 1.165) is 10.9 Å². The van der Waals surface area contributed by atoms with Crippen LogP contribution in [-0.2, 0) is 20.6 Å². The maximum Gasteiger partial charge on any atom is 0.204 e. The molecule has 4 heteroatoms. The van der Waals surface area contributed by atoms with Crippen LogP contribution in [0.1, 0.15) is 18.1 Å². The van der Waals surface area contributed by atoms with Crippen LogP contribution in [0.15, 0.2) is 24.3 Å². The highest BCUT2D eigenvalue weighted by Gasteiger charge is 2.15. The van der Waals surface area contributed by atoms with E-state index in [4.69, 9.17) is 4.52 Å². The molecule has 1 atom stereocenters. The topological polar surface area (TPSA) is 26.3 Å². The van der Waals surface area contributed by atoms with Crippen molar-refractivity contribution in [3.05, 3.63) is 35.4 Å². The first-order valence-corrected chi connectivity index (χ1v) is 8.30. The van der Waals surface area contributed by atoms with Gasteiger partial charge in [0.15, 0.2) is 0 Å². The summed E-state index contributed by atoms with van der Waals surface area (Å²) in [5.74, 6) is 0. The van der Waals surface area contributed by atoms with E-state index in [9.17, 15) is 4.57 Å². The molecule has 0 aromatic heterocycles. The molecule has 1 unspecified atom stereocenters. The minimum atomic E-state index is -2.45. The monoisotopic (exact) mass is 290 g/mol. The standard InChI is InChI=1S/C11H16BrO2P/c1-3-14-15(2,13)9-11-6-4-10(8-12)5-7-11/h4-7H,3,8-9H2,1-2H3. The average Bonchev–Trinajstić information content (AvgIpc) is 2.18. The maximum atomic E-state index is 11.9. The SMILES string of the molecule is CCOP(C)(=O)Cc1ccc(CBr)cc1. The second-order valence-electron chi connectivity index (χ2n) is 3.54. The van der Waals surface area contributed by atoms with Gasteiger partial charge in [-0.3, -0.25) is 4.57 Å². The molecule has 1 aromatic carbocycles. The zero-order valence-corrected chi connectivity index (χ0v) is 11.6. The van der Waals surface area contributed by atoms with Gasteiger partial charge in [-0.2, -0.15) is 0 Å². The first-order chi connectivity index (χ1) is 7.07. The van der Waals surface area contributed by atoms with Crippen molar-refractivity contribution < 1.29 is 9.09 Å². The Bertz CT molecular complexity index is 348. The quantitative estimate of drug-likeness (QED) is 0.605. The molecule has 1 aromatic rings. The third-order valence-electron chi connectivity index (χ3n) is 2.05. The summed E-state index contributed by atoms with van der Waals surface area (Å²) >= 11 is 3.39. The predicted octanol–water partition coefficient (Wildman–Crippen LogP) is 4.03. The van der Waals surface area contributed by atoms with E-state index in [1.807, 2.05) is 31.2 Å². The van der Waals surface area contributed by atoms with Gasteiger partial charge in [-0.15, -0.1) is 0 Å². The van der Waals surface area contributed by atoms with Gasteiger partial charge in [0.1, 0.15) is 0 Å². The third kappa shape index (κ3) is 4.50. The van der Waals surface area contributed by atoms with Crippen LogP contribution in [0.2, 0.25) is 0 Å². The molecule has 84 valence electrons. The van der Waals surface area contributed by atoms with Crippen LogP contribution in [0.25, 0.3) is 0 Å². The average molecular weight is 291 g/mol. The van der Waals surface area contributed by atoms with E-state index < -0.39 is 7.37 Å². The largest absolute Gasteiger partial charge is 0.329 e. The Morgan fingerprint density at radius 1 is 1.27 bits per heavy atom. The summed E-state index contributed by atoms with van der Waals surface area (Å²) in [6, 6.07) is 8.09. The van der Waals surface area contributed by atoms with Crippen LogP contribution < -0.4 is 0 Å². The van der Waals surface area contributed by atoms with Gasteiger partial charge in [0.05, 0.1) is 6.61 Å². The lowest BCUT2D eigenvalue weighted by Gasteiger charge is -2.12. The van der Waals surface area contributed by atoms with Crippen LogP contribution in [-0.4, -0.2) is 13.3 Å². The van der Waals surface area contributed by atoms with Gasteiger partial charge in [-0.05, 0) is 18.1 Å². The molecular weight excluding hydrogens is 275 g/mol. The fraction of sp³-hybridized carbons (Fsp3) is 0.455. The van der Waals surface area contributed by atoms with E-state index in [1.165, 1.54) is 5.56 Å². The lowest BCUT2D eigenvalue weighted by Crippen LogP contribution is -1.92. The van der Waals surface area contributed by atoms with Gasteiger partial charge < -0.3 is 4.52 Å². The Morgan fingerprint density at radius 3 is 2.27 bits per heavy atom. The van der Waals surface area contributed by atoms with Gasteiger partial charge >= 0.3 is 0 Å². The summed E-state index contributed by atoms with van der Waals surface area (Å²) in [5.41, 5.74) is 2.29. The first-order valence-electron chi connectivity index (χ1n) is 4.92. The number of halogens is 1. The fourth-order valence-corrected chi connectivity index (χ4v) is 3.27. The molecular formula is C11H16BrO2P. The molecule has 0 aliphatic heterocycles. The maximum absolute atomic E-state index is 11.9. The van der Waals surface area contributed by atoms with Crippen molar-refractivity contribution in [2.24, 2.45) is 0 Å². The summed E-state index contributed by atoms with van der Waals surface area (Å²) in [7, 11) is -2.45. The molecule has 0 heterocycles. The zero-order chi connectivity index (χ0) is 11.3. The van der Waals surface area contributed by atoms with Crippen LogP contribution >= 0.6 is 23.3 Å². The van der Waals surface area contributed by atoms with Crippen molar-refractivity contribution in [2.45, 2.75) is 18.4 Å². The number of rotatable bonds is 5. The number of hydrogen-bond acceptors (Lipinski definition) is 2. The molecule has 0 bridgehead atoms. The van der Waals surface area contributed by atoms with Crippen LogP contribution in [0.5, 0.6) is 0 Å². The molecule has 0 aliphatic rings. The Labute approximate surface area is 99.6 Å². The van der Waals surface area contributed by atoms with Crippen molar-refractivity contribution in [3.8, 4) is 0 Å². The van der Waals surface area contributed by atoms with Crippen LogP contribution in [0.4, 0.5) is 0 Å². The van der Waals surface area contributed by atoms with Crippen molar-refractivity contribution in [1.29, 1.82) is 0 Å². The van der Waals surface area contributed by atoms with Crippen molar-refractivity contribution >= 4 is 23.3 Å². The second-order valence-corrected chi connectivity index (χ2v) is 6.70. The minimum absolute atomic E-state index is 0.507. The van der Waals surface area contributed by atoms with Gasteiger partial charge in [0.2, 0.25) is 7.37 Å². The van der Waals surface area contributed by atoms with Gasteiger partial charge in [-0.1, -0.05) is 40.2 Å². The molecule has 0 amide bonds. The Kier molecular flexibility index (Phi) is 5.04. The fourth-order valence-electron chi connectivity index (χ4n) is 1.38. The van der Waals surface area contributed by atoms with E-state index in [0.29, 0.717) is 12.8 Å². The number of alkyl halides is 1. The van der Waals surface area contributed by atoms with E-state index in [1.54, 1.807) is 6.66 Å².